The van der Waals surface area contributed by atoms with Crippen molar-refractivity contribution >= 4 is 17.7 Å². The van der Waals surface area contributed by atoms with Crippen molar-refractivity contribution in [3.63, 3.8) is 0 Å². The Kier molecular flexibility index (Phi) is 9.19. The normalized spacial score (nSPS) is 10.8. The van der Waals surface area contributed by atoms with Gasteiger partial charge in [0, 0.05) is 6.54 Å². The lowest BCUT2D eigenvalue weighted by Crippen LogP contribution is -2.27. The molecule has 4 heteroatoms. The van der Waals surface area contributed by atoms with Gasteiger partial charge in [-0.05, 0) is 37.9 Å². The highest BCUT2D eigenvalue weighted by Crippen LogP contribution is 2.01. The fourth-order valence-electron chi connectivity index (χ4n) is 1.26. The summed E-state index contributed by atoms with van der Waals surface area (Å²) in [5.41, 5.74) is 0. The van der Waals surface area contributed by atoms with Crippen LogP contribution in [0.2, 0.25) is 0 Å². The molecule has 0 spiro atoms. The molecule has 0 bridgehead atoms. The number of rotatable bonds is 9. The number of unbranched alkanes of at least 4 members (excludes halogenated alkanes) is 1. The van der Waals surface area contributed by atoms with Crippen LogP contribution in [0.3, 0.4) is 0 Å². The molecule has 0 rings (SSSR count). The van der Waals surface area contributed by atoms with Gasteiger partial charge >= 0.3 is 5.97 Å². The van der Waals surface area contributed by atoms with Crippen molar-refractivity contribution in [2.45, 2.75) is 26.2 Å². The molecule has 0 saturated carbocycles. The summed E-state index contributed by atoms with van der Waals surface area (Å²) in [6.45, 7) is 4.75. The molecule has 0 aromatic rings. The Morgan fingerprint density at radius 2 is 2.07 bits per heavy atom. The standard InChI is InChI=1S/C10H21NO2S/c1-3-11(8-6-10(12)13)7-4-5-9-14-2/h3-9H2,1-2H3,(H,12,13). The quantitative estimate of drug-likeness (QED) is 0.602. The highest BCUT2D eigenvalue weighted by molar-refractivity contribution is 7.98. The highest BCUT2D eigenvalue weighted by atomic mass is 32.2. The van der Waals surface area contributed by atoms with Crippen molar-refractivity contribution in [3.05, 3.63) is 0 Å². The van der Waals surface area contributed by atoms with Crippen LogP contribution in [-0.4, -0.2) is 47.6 Å². The molecule has 0 heterocycles. The molecule has 84 valence electrons. The van der Waals surface area contributed by atoms with E-state index in [4.69, 9.17) is 5.11 Å². The first-order chi connectivity index (χ1) is 6.70. The molecule has 0 fully saturated rings. The van der Waals surface area contributed by atoms with E-state index in [1.54, 1.807) is 0 Å². The van der Waals surface area contributed by atoms with Gasteiger partial charge in [0.1, 0.15) is 0 Å². The van der Waals surface area contributed by atoms with Gasteiger partial charge in [-0.25, -0.2) is 0 Å². The van der Waals surface area contributed by atoms with Gasteiger partial charge in [0.15, 0.2) is 0 Å². The van der Waals surface area contributed by atoms with Crippen LogP contribution >= 0.6 is 11.8 Å². The third-order valence-corrected chi connectivity index (χ3v) is 2.86. The first-order valence-electron chi connectivity index (χ1n) is 5.13. The summed E-state index contributed by atoms with van der Waals surface area (Å²) >= 11 is 1.87. The average molecular weight is 219 g/mol. The number of aliphatic carboxylic acids is 1. The SMILES string of the molecule is CCN(CCCCSC)CCC(=O)O. The van der Waals surface area contributed by atoms with Gasteiger partial charge in [-0.2, -0.15) is 11.8 Å². The van der Waals surface area contributed by atoms with Crippen LogP contribution in [0, 0.1) is 0 Å². The third kappa shape index (κ3) is 8.38. The number of carbonyl (C=O) groups is 1. The lowest BCUT2D eigenvalue weighted by atomic mass is 10.3. The summed E-state index contributed by atoms with van der Waals surface area (Å²) in [6, 6.07) is 0. The zero-order chi connectivity index (χ0) is 10.8. The van der Waals surface area contributed by atoms with Gasteiger partial charge < -0.3 is 10.0 Å². The minimum atomic E-state index is -0.701. The Balaban J connectivity index is 3.42. The zero-order valence-corrected chi connectivity index (χ0v) is 9.98. The molecule has 0 aromatic heterocycles. The van der Waals surface area contributed by atoms with E-state index in [2.05, 4.69) is 18.1 Å². The molecule has 1 N–H and O–H groups in total. The summed E-state index contributed by atoms with van der Waals surface area (Å²) in [5, 5.41) is 8.54. The summed E-state index contributed by atoms with van der Waals surface area (Å²) in [7, 11) is 0. The fraction of sp³-hybridized carbons (Fsp3) is 0.900. The lowest BCUT2D eigenvalue weighted by Gasteiger charge is -2.18. The fourth-order valence-corrected chi connectivity index (χ4v) is 1.76. The van der Waals surface area contributed by atoms with Crippen molar-refractivity contribution in [3.8, 4) is 0 Å². The summed E-state index contributed by atoms with van der Waals surface area (Å²) in [5.74, 6) is 0.504. The number of carboxylic acids is 1. The second-order valence-corrected chi connectivity index (χ2v) is 4.26. The number of carboxylic acid groups (broad SMARTS) is 1. The molecule has 0 aliphatic rings. The van der Waals surface area contributed by atoms with E-state index >= 15 is 0 Å². The molecule has 0 aliphatic carbocycles. The van der Waals surface area contributed by atoms with Crippen molar-refractivity contribution in [1.82, 2.24) is 4.90 Å². The van der Waals surface area contributed by atoms with Gasteiger partial charge in [0.25, 0.3) is 0 Å². The lowest BCUT2D eigenvalue weighted by molar-refractivity contribution is -0.137. The van der Waals surface area contributed by atoms with Crippen molar-refractivity contribution in [2.75, 3.05) is 31.6 Å². The van der Waals surface area contributed by atoms with Crippen LogP contribution in [0.25, 0.3) is 0 Å². The summed E-state index contributed by atoms with van der Waals surface area (Å²) in [6.07, 6.45) is 4.78. The Morgan fingerprint density at radius 1 is 1.36 bits per heavy atom. The Bertz CT molecular complexity index is 153. The highest BCUT2D eigenvalue weighted by Gasteiger charge is 2.04. The monoisotopic (exact) mass is 219 g/mol. The maximum Gasteiger partial charge on any atom is 0.304 e. The Labute approximate surface area is 90.9 Å². The molecule has 0 aromatic carbocycles. The minimum Gasteiger partial charge on any atom is -0.481 e. The number of hydrogen-bond acceptors (Lipinski definition) is 3. The molecule has 14 heavy (non-hydrogen) atoms. The Morgan fingerprint density at radius 3 is 2.57 bits per heavy atom. The van der Waals surface area contributed by atoms with Gasteiger partial charge in [0.2, 0.25) is 0 Å². The topological polar surface area (TPSA) is 40.5 Å². The maximum absolute atomic E-state index is 10.4. The van der Waals surface area contributed by atoms with Crippen molar-refractivity contribution < 1.29 is 9.90 Å². The van der Waals surface area contributed by atoms with Crippen LogP contribution in [0.5, 0.6) is 0 Å². The first-order valence-corrected chi connectivity index (χ1v) is 6.53. The van der Waals surface area contributed by atoms with E-state index in [-0.39, 0.29) is 6.42 Å². The van der Waals surface area contributed by atoms with E-state index in [1.807, 2.05) is 11.8 Å². The van der Waals surface area contributed by atoms with Gasteiger partial charge in [-0.1, -0.05) is 6.92 Å². The summed E-state index contributed by atoms with van der Waals surface area (Å²) < 4.78 is 0. The van der Waals surface area contributed by atoms with Crippen molar-refractivity contribution in [1.29, 1.82) is 0 Å². The first kappa shape index (κ1) is 13.8. The smallest absolute Gasteiger partial charge is 0.304 e. The van der Waals surface area contributed by atoms with Crippen LogP contribution in [0.4, 0.5) is 0 Å². The van der Waals surface area contributed by atoms with E-state index < -0.39 is 5.97 Å². The minimum absolute atomic E-state index is 0.260. The van der Waals surface area contributed by atoms with Crippen LogP contribution < -0.4 is 0 Å². The largest absolute Gasteiger partial charge is 0.481 e. The predicted octanol–water partition coefficient (Wildman–Crippen LogP) is 1.93. The maximum atomic E-state index is 10.4. The van der Waals surface area contributed by atoms with E-state index in [9.17, 15) is 4.79 Å². The van der Waals surface area contributed by atoms with Crippen LogP contribution in [0.1, 0.15) is 26.2 Å². The Hall–Kier alpha value is -0.220. The molecule has 0 saturated heterocycles. The number of hydrogen-bond donors (Lipinski definition) is 1. The molecule has 0 aliphatic heterocycles. The van der Waals surface area contributed by atoms with Gasteiger partial charge in [-0.15, -0.1) is 0 Å². The van der Waals surface area contributed by atoms with E-state index in [0.29, 0.717) is 6.54 Å². The molecule has 0 atom stereocenters. The third-order valence-electron chi connectivity index (χ3n) is 2.16. The number of thioether (sulfide) groups is 1. The average Bonchev–Trinajstić information content (AvgIpc) is 2.16. The van der Waals surface area contributed by atoms with Crippen LogP contribution in [0.15, 0.2) is 0 Å². The molecular weight excluding hydrogens is 198 g/mol. The van der Waals surface area contributed by atoms with E-state index in [1.165, 1.54) is 18.6 Å². The number of nitrogens with zero attached hydrogens (tertiary/aromatic N) is 1. The van der Waals surface area contributed by atoms with E-state index in [0.717, 1.165) is 13.1 Å². The second kappa shape index (κ2) is 9.34. The van der Waals surface area contributed by atoms with Crippen molar-refractivity contribution in [2.24, 2.45) is 0 Å². The van der Waals surface area contributed by atoms with Gasteiger partial charge in [0.05, 0.1) is 6.42 Å². The predicted molar refractivity (Wildman–Crippen MR) is 62.0 cm³/mol. The molecular formula is C10H21NO2S. The van der Waals surface area contributed by atoms with Crippen LogP contribution in [-0.2, 0) is 4.79 Å². The molecule has 3 nitrogen and oxygen atoms in total. The van der Waals surface area contributed by atoms with Gasteiger partial charge in [-0.3, -0.25) is 4.79 Å². The summed E-state index contributed by atoms with van der Waals surface area (Å²) in [4.78, 5) is 12.6. The second-order valence-electron chi connectivity index (χ2n) is 3.28. The molecule has 0 amide bonds. The molecule has 0 radical (unpaired) electrons. The zero-order valence-electron chi connectivity index (χ0n) is 9.16. The molecule has 0 unspecified atom stereocenters.